The van der Waals surface area contributed by atoms with Crippen LogP contribution in [0.4, 0.5) is 11.4 Å². The first kappa shape index (κ1) is 16.1. The van der Waals surface area contributed by atoms with Gasteiger partial charge in [-0.15, -0.1) is 0 Å². The Morgan fingerprint density at radius 2 is 1.86 bits per heavy atom. The van der Waals surface area contributed by atoms with Crippen molar-refractivity contribution in [2.75, 3.05) is 18.5 Å². The number of nitrogens with zero attached hydrogens (tertiary/aromatic N) is 1. The standard InChI is InChI=1S/C18H23BrN2/c1-4-11-20-13-15-9-10-16(19)12-18(15)21(3)17-8-6-5-7-14(17)2/h5-10,12,20H,4,11,13H2,1-3H3. The van der Waals surface area contributed by atoms with E-state index in [0.29, 0.717) is 0 Å². The molecule has 0 saturated carbocycles. The number of para-hydroxylation sites is 1. The van der Waals surface area contributed by atoms with Crippen LogP contribution < -0.4 is 10.2 Å². The lowest BCUT2D eigenvalue weighted by Gasteiger charge is -2.25. The molecule has 112 valence electrons. The zero-order valence-electron chi connectivity index (χ0n) is 13.0. The number of benzene rings is 2. The Hall–Kier alpha value is -1.32. The van der Waals surface area contributed by atoms with Crippen LogP contribution in [0.1, 0.15) is 24.5 Å². The van der Waals surface area contributed by atoms with Gasteiger partial charge in [0.25, 0.3) is 0 Å². The fourth-order valence-electron chi connectivity index (χ4n) is 2.47. The Kier molecular flexibility index (Phi) is 5.83. The van der Waals surface area contributed by atoms with E-state index in [4.69, 9.17) is 0 Å². The van der Waals surface area contributed by atoms with Gasteiger partial charge >= 0.3 is 0 Å². The Morgan fingerprint density at radius 3 is 2.57 bits per heavy atom. The zero-order chi connectivity index (χ0) is 15.2. The minimum absolute atomic E-state index is 0.896. The number of aryl methyl sites for hydroxylation is 1. The molecular formula is C18H23BrN2. The highest BCUT2D eigenvalue weighted by Crippen LogP contribution is 2.31. The van der Waals surface area contributed by atoms with Gasteiger partial charge in [0.1, 0.15) is 0 Å². The van der Waals surface area contributed by atoms with Gasteiger partial charge in [0.15, 0.2) is 0 Å². The summed E-state index contributed by atoms with van der Waals surface area (Å²) in [7, 11) is 2.13. The van der Waals surface area contributed by atoms with Gasteiger partial charge in [-0.25, -0.2) is 0 Å². The van der Waals surface area contributed by atoms with Crippen molar-refractivity contribution in [3.63, 3.8) is 0 Å². The Bertz CT molecular complexity index is 596. The van der Waals surface area contributed by atoms with E-state index < -0.39 is 0 Å². The fraction of sp³-hybridized carbons (Fsp3) is 0.333. The second-order valence-electron chi connectivity index (χ2n) is 5.30. The molecular weight excluding hydrogens is 324 g/mol. The predicted molar refractivity (Wildman–Crippen MR) is 95.4 cm³/mol. The maximum absolute atomic E-state index is 3.59. The molecule has 0 saturated heterocycles. The van der Waals surface area contributed by atoms with Gasteiger partial charge in [-0.3, -0.25) is 0 Å². The molecule has 1 N–H and O–H groups in total. The van der Waals surface area contributed by atoms with Crippen LogP contribution in [0.15, 0.2) is 46.9 Å². The first-order valence-electron chi connectivity index (χ1n) is 7.42. The molecule has 0 heterocycles. The third-order valence-corrected chi connectivity index (χ3v) is 4.12. The first-order valence-corrected chi connectivity index (χ1v) is 8.21. The maximum atomic E-state index is 3.59. The minimum Gasteiger partial charge on any atom is -0.344 e. The van der Waals surface area contributed by atoms with Gasteiger partial charge < -0.3 is 10.2 Å². The van der Waals surface area contributed by atoms with E-state index in [9.17, 15) is 0 Å². The molecule has 0 aliphatic carbocycles. The molecule has 2 aromatic carbocycles. The average Bonchev–Trinajstić information content (AvgIpc) is 2.49. The topological polar surface area (TPSA) is 15.3 Å². The van der Waals surface area contributed by atoms with E-state index in [0.717, 1.165) is 24.0 Å². The third kappa shape index (κ3) is 4.08. The van der Waals surface area contributed by atoms with Crippen LogP contribution in [0.25, 0.3) is 0 Å². The number of rotatable bonds is 6. The van der Waals surface area contributed by atoms with Crippen molar-refractivity contribution in [2.24, 2.45) is 0 Å². The molecule has 0 fully saturated rings. The molecule has 0 amide bonds. The van der Waals surface area contributed by atoms with Crippen molar-refractivity contribution >= 4 is 27.3 Å². The number of hydrogen-bond donors (Lipinski definition) is 1. The second-order valence-corrected chi connectivity index (χ2v) is 6.21. The largest absolute Gasteiger partial charge is 0.344 e. The van der Waals surface area contributed by atoms with Crippen LogP contribution in [0.5, 0.6) is 0 Å². The molecule has 2 rings (SSSR count). The Morgan fingerprint density at radius 1 is 1.10 bits per heavy atom. The van der Waals surface area contributed by atoms with Crippen LogP contribution in [-0.2, 0) is 6.54 Å². The van der Waals surface area contributed by atoms with Crippen LogP contribution >= 0.6 is 15.9 Å². The number of halogens is 1. The Balaban J connectivity index is 2.32. The summed E-state index contributed by atoms with van der Waals surface area (Å²) in [5.74, 6) is 0. The Labute approximate surface area is 136 Å². The van der Waals surface area contributed by atoms with Crippen molar-refractivity contribution < 1.29 is 0 Å². The van der Waals surface area contributed by atoms with E-state index >= 15 is 0 Å². The molecule has 0 atom stereocenters. The van der Waals surface area contributed by atoms with E-state index in [1.807, 2.05) is 0 Å². The average molecular weight is 347 g/mol. The lowest BCUT2D eigenvalue weighted by molar-refractivity contribution is 0.675. The molecule has 0 unspecified atom stereocenters. The van der Waals surface area contributed by atoms with Gasteiger partial charge in [-0.1, -0.05) is 47.1 Å². The molecule has 3 heteroatoms. The minimum atomic E-state index is 0.896. The number of hydrogen-bond acceptors (Lipinski definition) is 2. The van der Waals surface area contributed by atoms with Crippen molar-refractivity contribution in [2.45, 2.75) is 26.8 Å². The summed E-state index contributed by atoms with van der Waals surface area (Å²) >= 11 is 3.59. The monoisotopic (exact) mass is 346 g/mol. The first-order chi connectivity index (χ1) is 10.1. The summed E-state index contributed by atoms with van der Waals surface area (Å²) < 4.78 is 1.11. The number of nitrogens with one attached hydrogen (secondary N) is 1. The molecule has 0 spiro atoms. The van der Waals surface area contributed by atoms with Gasteiger partial charge in [0.05, 0.1) is 0 Å². The molecule has 0 radical (unpaired) electrons. The van der Waals surface area contributed by atoms with Crippen LogP contribution in [0.2, 0.25) is 0 Å². The van der Waals surface area contributed by atoms with Gasteiger partial charge in [-0.05, 0) is 49.2 Å². The summed E-state index contributed by atoms with van der Waals surface area (Å²) in [6.07, 6.45) is 1.15. The van der Waals surface area contributed by atoms with Gasteiger partial charge in [0, 0.05) is 29.4 Å². The highest BCUT2D eigenvalue weighted by Gasteiger charge is 2.11. The van der Waals surface area contributed by atoms with Crippen molar-refractivity contribution in [1.82, 2.24) is 5.32 Å². The van der Waals surface area contributed by atoms with E-state index in [1.165, 1.54) is 22.5 Å². The third-order valence-electron chi connectivity index (χ3n) is 3.63. The summed E-state index contributed by atoms with van der Waals surface area (Å²) in [5, 5.41) is 3.49. The predicted octanol–water partition coefficient (Wildman–Crippen LogP) is 5.03. The van der Waals surface area contributed by atoms with E-state index in [1.54, 1.807) is 0 Å². The van der Waals surface area contributed by atoms with Crippen molar-refractivity contribution in [1.29, 1.82) is 0 Å². The second kappa shape index (κ2) is 7.62. The van der Waals surface area contributed by atoms with Crippen LogP contribution in [-0.4, -0.2) is 13.6 Å². The molecule has 2 nitrogen and oxygen atoms in total. The molecule has 0 aliphatic heterocycles. The summed E-state index contributed by atoms with van der Waals surface area (Å²) in [4.78, 5) is 2.27. The molecule has 0 aromatic heterocycles. The van der Waals surface area contributed by atoms with Gasteiger partial charge in [0.2, 0.25) is 0 Å². The lowest BCUT2D eigenvalue weighted by Crippen LogP contribution is -2.18. The van der Waals surface area contributed by atoms with Crippen LogP contribution in [0, 0.1) is 6.92 Å². The lowest BCUT2D eigenvalue weighted by atomic mass is 10.1. The van der Waals surface area contributed by atoms with E-state index in [2.05, 4.69) is 89.5 Å². The van der Waals surface area contributed by atoms with Crippen molar-refractivity contribution in [3.05, 3.63) is 58.1 Å². The highest BCUT2D eigenvalue weighted by atomic mass is 79.9. The van der Waals surface area contributed by atoms with Crippen molar-refractivity contribution in [3.8, 4) is 0 Å². The highest BCUT2D eigenvalue weighted by molar-refractivity contribution is 9.10. The zero-order valence-corrected chi connectivity index (χ0v) is 14.6. The quantitative estimate of drug-likeness (QED) is 0.738. The SMILES string of the molecule is CCCNCc1ccc(Br)cc1N(C)c1ccccc1C. The smallest absolute Gasteiger partial charge is 0.0465 e. The maximum Gasteiger partial charge on any atom is 0.0465 e. The summed E-state index contributed by atoms with van der Waals surface area (Å²) in [5.41, 5.74) is 5.08. The fourth-order valence-corrected chi connectivity index (χ4v) is 2.82. The molecule has 2 aromatic rings. The molecule has 0 aliphatic rings. The summed E-state index contributed by atoms with van der Waals surface area (Å²) in [6.45, 7) is 6.28. The van der Waals surface area contributed by atoms with Crippen LogP contribution in [0.3, 0.4) is 0 Å². The normalized spacial score (nSPS) is 10.7. The summed E-state index contributed by atoms with van der Waals surface area (Å²) in [6, 6.07) is 15.0. The van der Waals surface area contributed by atoms with E-state index in [-0.39, 0.29) is 0 Å². The molecule has 0 bridgehead atoms. The van der Waals surface area contributed by atoms with Gasteiger partial charge in [-0.2, -0.15) is 0 Å². The molecule has 21 heavy (non-hydrogen) atoms. The number of anilines is 2.